The van der Waals surface area contributed by atoms with Crippen LogP contribution in [0, 0.1) is 11.3 Å². The first-order valence-corrected chi connectivity index (χ1v) is 14.5. The highest BCUT2D eigenvalue weighted by Crippen LogP contribution is 2.32. The van der Waals surface area contributed by atoms with Crippen molar-refractivity contribution >= 4 is 23.9 Å². The van der Waals surface area contributed by atoms with Crippen molar-refractivity contribution in [3.05, 3.63) is 47.5 Å². The Morgan fingerprint density at radius 1 is 0.929 bits per heavy atom. The number of ether oxygens (including phenoxy) is 1. The molecule has 0 saturated heterocycles. The van der Waals surface area contributed by atoms with Crippen molar-refractivity contribution in [3.63, 3.8) is 0 Å². The Bertz CT molecular complexity index is 1130. The molecule has 2 N–H and O–H groups in total. The standard InChI is InChI=1S/C33H53N3O6/c1-21(2)24(19-22(3)20-25(37)38)35(12)29(40)26(31(4,5)6)34-28(39)27(36(13)30(41)42-32(7,8)9)33(10,11)23-17-15-14-16-18-23/h14-19,21,24,26-27H,20H2,1-13H3,(H,34,39)(H,37,38)/b22-19+/t24-,26-,27-/m1/s1. The van der Waals surface area contributed by atoms with E-state index >= 15 is 0 Å². The van der Waals surface area contributed by atoms with E-state index in [-0.39, 0.29) is 24.3 Å². The van der Waals surface area contributed by atoms with Gasteiger partial charge in [0.15, 0.2) is 0 Å². The zero-order valence-corrected chi connectivity index (χ0v) is 27.9. The Hall–Kier alpha value is -3.36. The highest BCUT2D eigenvalue weighted by molar-refractivity contribution is 5.93. The van der Waals surface area contributed by atoms with Gasteiger partial charge in [-0.15, -0.1) is 0 Å². The molecule has 0 aliphatic carbocycles. The van der Waals surface area contributed by atoms with Gasteiger partial charge in [-0.2, -0.15) is 0 Å². The summed E-state index contributed by atoms with van der Waals surface area (Å²) in [5.74, 6) is -1.76. The Balaban J connectivity index is 3.57. The first-order chi connectivity index (χ1) is 19.0. The fraction of sp³-hybridized carbons (Fsp3) is 0.636. The van der Waals surface area contributed by atoms with E-state index in [1.54, 1.807) is 45.7 Å². The third kappa shape index (κ3) is 10.2. The Morgan fingerprint density at radius 3 is 1.88 bits per heavy atom. The molecule has 0 aliphatic heterocycles. The highest BCUT2D eigenvalue weighted by Gasteiger charge is 2.45. The fourth-order valence-corrected chi connectivity index (χ4v) is 5.01. The van der Waals surface area contributed by atoms with Gasteiger partial charge in [-0.25, -0.2) is 4.79 Å². The summed E-state index contributed by atoms with van der Waals surface area (Å²) in [5, 5.41) is 12.2. The molecule has 3 atom stereocenters. The number of rotatable bonds is 11. The second kappa shape index (κ2) is 14.2. The minimum Gasteiger partial charge on any atom is -0.481 e. The summed E-state index contributed by atoms with van der Waals surface area (Å²) in [5.41, 5.74) is -0.829. The number of aliphatic carboxylic acids is 1. The lowest BCUT2D eigenvalue weighted by Gasteiger charge is -2.42. The first kappa shape index (κ1) is 36.7. The molecule has 0 aromatic heterocycles. The third-order valence-electron chi connectivity index (χ3n) is 7.28. The summed E-state index contributed by atoms with van der Waals surface area (Å²) >= 11 is 0. The predicted octanol–water partition coefficient (Wildman–Crippen LogP) is 5.63. The second-order valence-electron chi connectivity index (χ2n) is 14.2. The van der Waals surface area contributed by atoms with Gasteiger partial charge in [0.2, 0.25) is 11.8 Å². The molecule has 0 spiro atoms. The number of nitrogens with zero attached hydrogens (tertiary/aromatic N) is 2. The number of hydrogen-bond donors (Lipinski definition) is 2. The van der Waals surface area contributed by atoms with Crippen LogP contribution < -0.4 is 5.32 Å². The number of hydrogen-bond acceptors (Lipinski definition) is 5. The van der Waals surface area contributed by atoms with E-state index in [9.17, 15) is 24.3 Å². The minimum atomic E-state index is -1.02. The zero-order valence-electron chi connectivity index (χ0n) is 27.9. The molecule has 0 fully saturated rings. The Labute approximate surface area is 252 Å². The fourth-order valence-electron chi connectivity index (χ4n) is 5.01. The molecule has 42 heavy (non-hydrogen) atoms. The molecule has 236 valence electrons. The van der Waals surface area contributed by atoms with E-state index in [1.165, 1.54) is 11.9 Å². The molecule has 0 radical (unpaired) electrons. The lowest BCUT2D eigenvalue weighted by atomic mass is 9.76. The van der Waals surface area contributed by atoms with E-state index in [4.69, 9.17) is 4.74 Å². The normalized spacial score (nSPS) is 15.0. The lowest BCUT2D eigenvalue weighted by Crippen LogP contribution is -2.63. The van der Waals surface area contributed by atoms with E-state index in [1.807, 2.05) is 78.8 Å². The maximum Gasteiger partial charge on any atom is 0.410 e. The SMILES string of the molecule is C/C(=C\[C@H](C(C)C)N(C)C(=O)[C@@H](NC(=O)[C@@H](N(C)C(=O)OC(C)(C)C)C(C)(C)c1ccccc1)C(C)(C)C)CC(=O)O. The van der Waals surface area contributed by atoms with Crippen LogP contribution in [0.2, 0.25) is 0 Å². The van der Waals surface area contributed by atoms with Crippen molar-refractivity contribution in [2.75, 3.05) is 14.1 Å². The van der Waals surface area contributed by atoms with Crippen LogP contribution in [0.3, 0.4) is 0 Å². The van der Waals surface area contributed by atoms with Gasteiger partial charge in [-0.3, -0.25) is 19.3 Å². The number of carboxylic acids is 1. The molecule has 9 nitrogen and oxygen atoms in total. The zero-order chi connectivity index (χ0) is 32.8. The van der Waals surface area contributed by atoms with Crippen molar-refractivity contribution in [1.29, 1.82) is 0 Å². The molecular formula is C33H53N3O6. The average Bonchev–Trinajstić information content (AvgIpc) is 2.83. The van der Waals surface area contributed by atoms with Crippen LogP contribution in [0.5, 0.6) is 0 Å². The molecule has 1 aromatic rings. The number of benzene rings is 1. The van der Waals surface area contributed by atoms with Gasteiger partial charge in [0.1, 0.15) is 17.7 Å². The highest BCUT2D eigenvalue weighted by atomic mass is 16.6. The van der Waals surface area contributed by atoms with Crippen molar-refractivity contribution in [2.45, 2.75) is 112 Å². The van der Waals surface area contributed by atoms with Crippen LogP contribution in [-0.4, -0.2) is 76.6 Å². The van der Waals surface area contributed by atoms with Crippen LogP contribution in [0.25, 0.3) is 0 Å². The number of amides is 3. The number of carboxylic acid groups (broad SMARTS) is 1. The smallest absolute Gasteiger partial charge is 0.410 e. The molecule has 0 saturated carbocycles. The molecule has 0 heterocycles. The molecule has 1 aromatic carbocycles. The van der Waals surface area contributed by atoms with Crippen LogP contribution >= 0.6 is 0 Å². The predicted molar refractivity (Wildman–Crippen MR) is 166 cm³/mol. The summed E-state index contributed by atoms with van der Waals surface area (Å²) in [7, 11) is 3.20. The molecule has 9 heteroatoms. The number of carbonyl (C=O) groups is 4. The summed E-state index contributed by atoms with van der Waals surface area (Å²) in [6.07, 6.45) is 1.02. The van der Waals surface area contributed by atoms with Crippen molar-refractivity contribution in [2.24, 2.45) is 11.3 Å². The molecule has 0 aliphatic rings. The Kier molecular flexibility index (Phi) is 12.4. The van der Waals surface area contributed by atoms with Crippen LogP contribution in [0.4, 0.5) is 4.79 Å². The Morgan fingerprint density at radius 2 is 1.45 bits per heavy atom. The van der Waals surface area contributed by atoms with Gasteiger partial charge < -0.3 is 20.1 Å². The summed E-state index contributed by atoms with van der Waals surface area (Å²) in [4.78, 5) is 55.7. The van der Waals surface area contributed by atoms with Gasteiger partial charge >= 0.3 is 12.1 Å². The topological polar surface area (TPSA) is 116 Å². The van der Waals surface area contributed by atoms with Crippen LogP contribution in [-0.2, 0) is 24.5 Å². The first-order valence-electron chi connectivity index (χ1n) is 14.5. The van der Waals surface area contributed by atoms with E-state index in [2.05, 4.69) is 5.32 Å². The van der Waals surface area contributed by atoms with Crippen molar-refractivity contribution in [1.82, 2.24) is 15.1 Å². The van der Waals surface area contributed by atoms with Crippen molar-refractivity contribution in [3.8, 4) is 0 Å². The maximum atomic E-state index is 14.3. The van der Waals surface area contributed by atoms with E-state index in [0.29, 0.717) is 5.57 Å². The van der Waals surface area contributed by atoms with Gasteiger partial charge in [0.25, 0.3) is 0 Å². The summed E-state index contributed by atoms with van der Waals surface area (Å²) < 4.78 is 5.63. The van der Waals surface area contributed by atoms with E-state index in [0.717, 1.165) is 5.56 Å². The van der Waals surface area contributed by atoms with Gasteiger partial charge in [-0.05, 0) is 44.6 Å². The second-order valence-corrected chi connectivity index (χ2v) is 14.2. The van der Waals surface area contributed by atoms with Gasteiger partial charge in [0.05, 0.1) is 12.5 Å². The quantitative estimate of drug-likeness (QED) is 0.324. The molecule has 1 rings (SSSR count). The van der Waals surface area contributed by atoms with Crippen LogP contribution in [0.15, 0.2) is 42.0 Å². The third-order valence-corrected chi connectivity index (χ3v) is 7.28. The van der Waals surface area contributed by atoms with Gasteiger partial charge in [0, 0.05) is 19.5 Å². The summed E-state index contributed by atoms with van der Waals surface area (Å²) in [6, 6.07) is 7.10. The number of nitrogens with one attached hydrogen (secondary N) is 1. The minimum absolute atomic E-state index is 0.0120. The molecule has 3 amide bonds. The maximum absolute atomic E-state index is 14.3. The largest absolute Gasteiger partial charge is 0.481 e. The van der Waals surface area contributed by atoms with Crippen molar-refractivity contribution < 1.29 is 29.0 Å². The lowest BCUT2D eigenvalue weighted by molar-refractivity contribution is -0.141. The van der Waals surface area contributed by atoms with Crippen LogP contribution in [0.1, 0.15) is 88.1 Å². The monoisotopic (exact) mass is 587 g/mol. The molecule has 0 unspecified atom stereocenters. The number of likely N-dealkylation sites (N-methyl/N-ethyl adjacent to an activating group) is 2. The average molecular weight is 588 g/mol. The number of carbonyl (C=O) groups excluding carboxylic acids is 3. The van der Waals surface area contributed by atoms with Gasteiger partial charge in [-0.1, -0.05) is 90.4 Å². The summed E-state index contributed by atoms with van der Waals surface area (Å²) in [6.45, 7) is 20.3. The molecular weight excluding hydrogens is 534 g/mol. The van der Waals surface area contributed by atoms with E-state index < -0.39 is 46.5 Å². The molecule has 0 bridgehead atoms.